The first-order chi connectivity index (χ1) is 13.1. The largest absolute Gasteiger partial charge is 0.454 e. The number of hydrogen-bond donors (Lipinski definition) is 2. The zero-order valence-electron chi connectivity index (χ0n) is 15.7. The van der Waals surface area contributed by atoms with Crippen molar-refractivity contribution in [2.45, 2.75) is 27.3 Å². The lowest BCUT2D eigenvalue weighted by Gasteiger charge is -2.13. The van der Waals surface area contributed by atoms with Crippen molar-refractivity contribution in [3.63, 3.8) is 0 Å². The maximum atomic E-state index is 5.43. The highest BCUT2D eigenvalue weighted by molar-refractivity contribution is 5.63. The SMILES string of the molecule is Cc1cc(NCc2ccc3c(c2)OCO3)nc(Nc2c(C)cccc2C)n1. The van der Waals surface area contributed by atoms with Crippen LogP contribution in [0.15, 0.2) is 42.5 Å². The van der Waals surface area contributed by atoms with Crippen LogP contribution in [0.25, 0.3) is 0 Å². The number of fused-ring (bicyclic) bond motifs is 1. The van der Waals surface area contributed by atoms with E-state index >= 15 is 0 Å². The number of nitrogens with zero attached hydrogens (tertiary/aromatic N) is 2. The lowest BCUT2D eigenvalue weighted by Crippen LogP contribution is -2.06. The summed E-state index contributed by atoms with van der Waals surface area (Å²) in [5, 5.41) is 6.72. The van der Waals surface area contributed by atoms with Gasteiger partial charge < -0.3 is 20.1 Å². The van der Waals surface area contributed by atoms with Crippen molar-refractivity contribution in [3.8, 4) is 11.5 Å². The average Bonchev–Trinajstić information content (AvgIpc) is 3.11. The van der Waals surface area contributed by atoms with Gasteiger partial charge in [-0.2, -0.15) is 4.98 Å². The van der Waals surface area contributed by atoms with Crippen LogP contribution in [0.1, 0.15) is 22.4 Å². The fourth-order valence-corrected chi connectivity index (χ4v) is 3.08. The van der Waals surface area contributed by atoms with Crippen molar-refractivity contribution in [2.24, 2.45) is 0 Å². The summed E-state index contributed by atoms with van der Waals surface area (Å²) in [6.45, 7) is 7.03. The van der Waals surface area contributed by atoms with E-state index in [4.69, 9.17) is 9.47 Å². The molecule has 1 aliphatic rings. The number of ether oxygens (including phenoxy) is 2. The molecule has 2 heterocycles. The topological polar surface area (TPSA) is 68.3 Å². The minimum atomic E-state index is 0.282. The van der Waals surface area contributed by atoms with Crippen LogP contribution < -0.4 is 20.1 Å². The average molecular weight is 362 g/mol. The molecule has 0 radical (unpaired) electrons. The Bertz CT molecular complexity index is 968. The van der Waals surface area contributed by atoms with Gasteiger partial charge in [0.2, 0.25) is 12.7 Å². The molecule has 3 aromatic rings. The van der Waals surface area contributed by atoms with E-state index in [2.05, 4.69) is 46.6 Å². The predicted octanol–water partition coefficient (Wildman–Crippen LogP) is 4.49. The second-order valence-corrected chi connectivity index (χ2v) is 6.65. The third kappa shape index (κ3) is 3.79. The molecule has 0 atom stereocenters. The zero-order chi connectivity index (χ0) is 18.8. The van der Waals surface area contributed by atoms with Crippen molar-refractivity contribution in [2.75, 3.05) is 17.4 Å². The van der Waals surface area contributed by atoms with Gasteiger partial charge in [-0.05, 0) is 49.6 Å². The van der Waals surface area contributed by atoms with Crippen LogP contribution in [-0.2, 0) is 6.54 Å². The van der Waals surface area contributed by atoms with Gasteiger partial charge in [-0.3, -0.25) is 0 Å². The monoisotopic (exact) mass is 362 g/mol. The Morgan fingerprint density at radius 1 is 0.926 bits per heavy atom. The Morgan fingerprint density at radius 3 is 2.52 bits per heavy atom. The summed E-state index contributed by atoms with van der Waals surface area (Å²) in [4.78, 5) is 9.12. The standard InChI is InChI=1S/C21H22N4O2/c1-13-5-4-6-14(2)20(13)25-21-23-15(3)9-19(24-21)22-11-16-7-8-17-18(10-16)27-12-26-17/h4-10H,11-12H2,1-3H3,(H2,22,23,24,25). The minimum Gasteiger partial charge on any atom is -0.454 e. The minimum absolute atomic E-state index is 0.282. The van der Waals surface area contributed by atoms with Crippen LogP contribution in [0, 0.1) is 20.8 Å². The summed E-state index contributed by atoms with van der Waals surface area (Å²) in [7, 11) is 0. The van der Waals surface area contributed by atoms with Crippen molar-refractivity contribution in [1.82, 2.24) is 9.97 Å². The van der Waals surface area contributed by atoms with Crippen LogP contribution in [-0.4, -0.2) is 16.8 Å². The maximum Gasteiger partial charge on any atom is 0.231 e. The van der Waals surface area contributed by atoms with Crippen LogP contribution >= 0.6 is 0 Å². The molecule has 0 spiro atoms. The molecule has 2 aromatic carbocycles. The van der Waals surface area contributed by atoms with Gasteiger partial charge in [0.15, 0.2) is 11.5 Å². The Hall–Kier alpha value is -3.28. The van der Waals surface area contributed by atoms with Gasteiger partial charge >= 0.3 is 0 Å². The molecule has 1 aromatic heterocycles. The van der Waals surface area contributed by atoms with Crippen molar-refractivity contribution in [3.05, 3.63) is 64.8 Å². The molecule has 2 N–H and O–H groups in total. The highest BCUT2D eigenvalue weighted by atomic mass is 16.7. The van der Waals surface area contributed by atoms with Gasteiger partial charge in [-0.15, -0.1) is 0 Å². The lowest BCUT2D eigenvalue weighted by molar-refractivity contribution is 0.174. The molecular formula is C21H22N4O2. The molecule has 4 rings (SSSR count). The quantitative estimate of drug-likeness (QED) is 0.697. The van der Waals surface area contributed by atoms with Crippen LogP contribution in [0.3, 0.4) is 0 Å². The van der Waals surface area contributed by atoms with Crippen molar-refractivity contribution >= 4 is 17.5 Å². The molecule has 0 amide bonds. The molecular weight excluding hydrogens is 340 g/mol. The number of aromatic nitrogens is 2. The third-order valence-electron chi connectivity index (χ3n) is 4.48. The summed E-state index contributed by atoms with van der Waals surface area (Å²) in [5.41, 5.74) is 5.36. The number of aryl methyl sites for hydroxylation is 3. The van der Waals surface area contributed by atoms with Gasteiger partial charge in [0, 0.05) is 24.0 Å². The van der Waals surface area contributed by atoms with Gasteiger partial charge in [-0.25, -0.2) is 4.98 Å². The predicted molar refractivity (Wildman–Crippen MR) is 106 cm³/mol. The number of nitrogens with one attached hydrogen (secondary N) is 2. The van der Waals surface area contributed by atoms with Gasteiger partial charge in [0.1, 0.15) is 5.82 Å². The van der Waals surface area contributed by atoms with Crippen LogP contribution in [0.5, 0.6) is 11.5 Å². The molecule has 0 saturated carbocycles. The normalized spacial score (nSPS) is 12.1. The second-order valence-electron chi connectivity index (χ2n) is 6.65. The molecule has 6 heteroatoms. The highest BCUT2D eigenvalue weighted by Crippen LogP contribution is 2.32. The van der Waals surface area contributed by atoms with E-state index in [1.807, 2.05) is 37.3 Å². The molecule has 1 aliphatic heterocycles. The first-order valence-corrected chi connectivity index (χ1v) is 8.90. The second kappa shape index (κ2) is 7.15. The molecule has 27 heavy (non-hydrogen) atoms. The van der Waals surface area contributed by atoms with Crippen molar-refractivity contribution < 1.29 is 9.47 Å². The van der Waals surface area contributed by atoms with E-state index in [9.17, 15) is 0 Å². The molecule has 6 nitrogen and oxygen atoms in total. The molecule has 0 unspecified atom stereocenters. The highest BCUT2D eigenvalue weighted by Gasteiger charge is 2.13. The number of rotatable bonds is 5. The smallest absolute Gasteiger partial charge is 0.231 e. The molecule has 138 valence electrons. The third-order valence-corrected chi connectivity index (χ3v) is 4.48. The Kier molecular flexibility index (Phi) is 4.54. The van der Waals surface area contributed by atoms with Crippen LogP contribution in [0.2, 0.25) is 0 Å². The molecule has 0 fully saturated rings. The van der Waals surface area contributed by atoms with Crippen molar-refractivity contribution in [1.29, 1.82) is 0 Å². The Balaban J connectivity index is 1.50. The first-order valence-electron chi connectivity index (χ1n) is 8.90. The molecule has 0 aliphatic carbocycles. The first kappa shape index (κ1) is 17.1. The van der Waals surface area contributed by atoms with Gasteiger partial charge in [0.05, 0.1) is 0 Å². The van der Waals surface area contributed by atoms with E-state index in [1.54, 1.807) is 0 Å². The summed E-state index contributed by atoms with van der Waals surface area (Å²) in [6, 6.07) is 14.1. The fraction of sp³-hybridized carbons (Fsp3) is 0.238. The van der Waals surface area contributed by atoms with E-state index in [-0.39, 0.29) is 6.79 Å². The van der Waals surface area contributed by atoms with E-state index in [0.717, 1.165) is 45.4 Å². The number of benzene rings is 2. The van der Waals surface area contributed by atoms with E-state index in [0.29, 0.717) is 12.5 Å². The summed E-state index contributed by atoms with van der Waals surface area (Å²) in [5.74, 6) is 2.93. The Morgan fingerprint density at radius 2 is 1.70 bits per heavy atom. The van der Waals surface area contributed by atoms with Crippen LogP contribution in [0.4, 0.5) is 17.5 Å². The van der Waals surface area contributed by atoms with Gasteiger partial charge in [-0.1, -0.05) is 24.3 Å². The summed E-state index contributed by atoms with van der Waals surface area (Å²) >= 11 is 0. The number of anilines is 3. The zero-order valence-corrected chi connectivity index (χ0v) is 15.7. The molecule has 0 saturated heterocycles. The maximum absolute atomic E-state index is 5.43. The molecule has 0 bridgehead atoms. The number of para-hydroxylation sites is 1. The summed E-state index contributed by atoms with van der Waals surface area (Å²) < 4.78 is 10.8. The van der Waals surface area contributed by atoms with E-state index < -0.39 is 0 Å². The van der Waals surface area contributed by atoms with E-state index in [1.165, 1.54) is 0 Å². The fourth-order valence-electron chi connectivity index (χ4n) is 3.08. The lowest BCUT2D eigenvalue weighted by atomic mass is 10.1. The van der Waals surface area contributed by atoms with Gasteiger partial charge in [0.25, 0.3) is 0 Å². The summed E-state index contributed by atoms with van der Waals surface area (Å²) in [6.07, 6.45) is 0. The number of hydrogen-bond acceptors (Lipinski definition) is 6. The Labute approximate surface area is 158 Å².